The topological polar surface area (TPSA) is 41.5 Å². The van der Waals surface area contributed by atoms with Crippen LogP contribution in [0, 0.1) is 11.8 Å². The summed E-state index contributed by atoms with van der Waals surface area (Å²) in [5, 5.41) is 13.7. The number of hydrogen-bond donors (Lipinski definition) is 2. The molecule has 2 rings (SSSR count). The minimum Gasteiger partial charge on any atom is -0.508 e. The predicted octanol–water partition coefficient (Wildman–Crippen LogP) is 3.88. The number of phenols is 1. The second kappa shape index (κ2) is 6.49. The van der Waals surface area contributed by atoms with Crippen LogP contribution >= 0.6 is 0 Å². The second-order valence-corrected chi connectivity index (χ2v) is 6.02. The lowest BCUT2D eigenvalue weighted by Crippen LogP contribution is -2.34. The van der Waals surface area contributed by atoms with E-state index in [2.05, 4.69) is 26.1 Å². The van der Waals surface area contributed by atoms with Crippen molar-refractivity contribution in [2.24, 2.45) is 11.8 Å². The number of methoxy groups -OCH3 is 1. The van der Waals surface area contributed by atoms with Crippen molar-refractivity contribution in [2.75, 3.05) is 7.11 Å². The summed E-state index contributed by atoms with van der Waals surface area (Å²) in [5.41, 5.74) is 0.913. The van der Waals surface area contributed by atoms with E-state index in [0.29, 0.717) is 17.7 Å². The van der Waals surface area contributed by atoms with Gasteiger partial charge in [0.05, 0.1) is 7.11 Å². The molecule has 0 aliphatic heterocycles. The van der Waals surface area contributed by atoms with Gasteiger partial charge in [0.1, 0.15) is 11.5 Å². The third kappa shape index (κ3) is 3.09. The summed E-state index contributed by atoms with van der Waals surface area (Å²) in [6.45, 7) is 6.73. The number of rotatable bonds is 5. The van der Waals surface area contributed by atoms with Crippen LogP contribution < -0.4 is 10.1 Å². The van der Waals surface area contributed by atoms with Gasteiger partial charge in [-0.1, -0.05) is 20.3 Å². The van der Waals surface area contributed by atoms with Crippen molar-refractivity contribution >= 4 is 0 Å². The molecule has 0 heterocycles. The van der Waals surface area contributed by atoms with Crippen LogP contribution in [0.25, 0.3) is 0 Å². The van der Waals surface area contributed by atoms with E-state index in [4.69, 9.17) is 4.74 Å². The van der Waals surface area contributed by atoms with E-state index in [1.807, 2.05) is 6.07 Å². The Balaban J connectivity index is 2.07. The van der Waals surface area contributed by atoms with Crippen molar-refractivity contribution in [1.29, 1.82) is 0 Å². The van der Waals surface area contributed by atoms with Gasteiger partial charge in [0.2, 0.25) is 0 Å². The normalized spacial score (nSPS) is 27.5. The molecule has 4 atom stereocenters. The van der Waals surface area contributed by atoms with E-state index in [1.54, 1.807) is 19.2 Å². The predicted molar refractivity (Wildman–Crippen MR) is 82.2 cm³/mol. The van der Waals surface area contributed by atoms with Crippen molar-refractivity contribution in [3.05, 3.63) is 23.8 Å². The second-order valence-electron chi connectivity index (χ2n) is 6.02. The highest BCUT2D eigenvalue weighted by Crippen LogP contribution is 2.36. The highest BCUT2D eigenvalue weighted by Gasteiger charge is 2.32. The van der Waals surface area contributed by atoms with Crippen LogP contribution in [0.3, 0.4) is 0 Å². The fraction of sp³-hybridized carbons (Fsp3) is 0.647. The molecule has 4 unspecified atom stereocenters. The third-order valence-electron chi connectivity index (χ3n) is 4.92. The first-order chi connectivity index (χ1) is 9.56. The summed E-state index contributed by atoms with van der Waals surface area (Å²) >= 11 is 0. The molecule has 3 nitrogen and oxygen atoms in total. The van der Waals surface area contributed by atoms with E-state index in [-0.39, 0.29) is 6.04 Å². The van der Waals surface area contributed by atoms with E-state index in [1.165, 1.54) is 19.3 Å². The maximum absolute atomic E-state index is 10.0. The van der Waals surface area contributed by atoms with Crippen LogP contribution in [0.5, 0.6) is 11.5 Å². The molecule has 0 aromatic heterocycles. The molecule has 0 spiro atoms. The SMILES string of the molecule is CCC1CCC(NC(C)c2cc(OC)ccc2O)C1C. The summed E-state index contributed by atoms with van der Waals surface area (Å²) in [7, 11) is 1.65. The highest BCUT2D eigenvalue weighted by atomic mass is 16.5. The summed E-state index contributed by atoms with van der Waals surface area (Å²) in [6.07, 6.45) is 3.80. The van der Waals surface area contributed by atoms with Gasteiger partial charge in [-0.25, -0.2) is 0 Å². The van der Waals surface area contributed by atoms with Crippen molar-refractivity contribution in [3.63, 3.8) is 0 Å². The Morgan fingerprint density at radius 3 is 2.75 bits per heavy atom. The van der Waals surface area contributed by atoms with Gasteiger partial charge in [0.15, 0.2) is 0 Å². The third-order valence-corrected chi connectivity index (χ3v) is 4.92. The fourth-order valence-electron chi connectivity index (χ4n) is 3.48. The molecule has 1 aromatic carbocycles. The lowest BCUT2D eigenvalue weighted by atomic mass is 9.93. The van der Waals surface area contributed by atoms with Crippen molar-refractivity contribution in [3.8, 4) is 11.5 Å². The minimum absolute atomic E-state index is 0.133. The minimum atomic E-state index is 0.133. The van der Waals surface area contributed by atoms with Crippen LogP contribution in [0.2, 0.25) is 0 Å². The maximum Gasteiger partial charge on any atom is 0.120 e. The number of ether oxygens (including phenoxy) is 1. The monoisotopic (exact) mass is 277 g/mol. The Morgan fingerprint density at radius 2 is 2.15 bits per heavy atom. The molecule has 1 saturated carbocycles. The summed E-state index contributed by atoms with van der Waals surface area (Å²) in [5.74, 6) is 2.66. The lowest BCUT2D eigenvalue weighted by molar-refractivity contribution is 0.324. The van der Waals surface area contributed by atoms with Gasteiger partial charge in [0.25, 0.3) is 0 Å². The van der Waals surface area contributed by atoms with Gasteiger partial charge in [0, 0.05) is 17.6 Å². The molecule has 3 heteroatoms. The molecular formula is C17H27NO2. The molecule has 0 saturated heterocycles. The summed E-state index contributed by atoms with van der Waals surface area (Å²) in [4.78, 5) is 0. The molecule has 1 aliphatic carbocycles. The first-order valence-corrected chi connectivity index (χ1v) is 7.69. The van der Waals surface area contributed by atoms with Gasteiger partial charge in [-0.15, -0.1) is 0 Å². The van der Waals surface area contributed by atoms with Crippen molar-refractivity contribution in [1.82, 2.24) is 5.32 Å². The van der Waals surface area contributed by atoms with Gasteiger partial charge in [-0.05, 0) is 49.8 Å². The van der Waals surface area contributed by atoms with E-state index in [0.717, 1.165) is 17.2 Å². The lowest BCUT2D eigenvalue weighted by Gasteiger charge is -2.25. The Bertz CT molecular complexity index is 447. The summed E-state index contributed by atoms with van der Waals surface area (Å²) in [6, 6.07) is 6.09. The van der Waals surface area contributed by atoms with Crippen LogP contribution in [-0.4, -0.2) is 18.3 Å². The highest BCUT2D eigenvalue weighted by molar-refractivity contribution is 5.41. The smallest absolute Gasteiger partial charge is 0.120 e. The van der Waals surface area contributed by atoms with Crippen LogP contribution in [0.1, 0.15) is 51.6 Å². The molecule has 112 valence electrons. The Hall–Kier alpha value is -1.22. The molecular weight excluding hydrogens is 250 g/mol. The van der Waals surface area contributed by atoms with E-state index < -0.39 is 0 Å². The molecule has 0 radical (unpaired) electrons. The van der Waals surface area contributed by atoms with Gasteiger partial charge < -0.3 is 15.2 Å². The van der Waals surface area contributed by atoms with Crippen LogP contribution in [0.4, 0.5) is 0 Å². The van der Waals surface area contributed by atoms with Crippen molar-refractivity contribution in [2.45, 2.75) is 52.1 Å². The molecule has 2 N–H and O–H groups in total. The standard InChI is InChI=1S/C17H27NO2/c1-5-13-6-8-16(11(13)2)18-12(3)15-10-14(20-4)7-9-17(15)19/h7,9-13,16,18-19H,5-6,8H2,1-4H3. The van der Waals surface area contributed by atoms with Crippen LogP contribution in [-0.2, 0) is 0 Å². The average molecular weight is 277 g/mol. The largest absolute Gasteiger partial charge is 0.508 e. The quantitative estimate of drug-likeness (QED) is 0.858. The van der Waals surface area contributed by atoms with Crippen molar-refractivity contribution < 1.29 is 9.84 Å². The number of aromatic hydroxyl groups is 1. The first-order valence-electron chi connectivity index (χ1n) is 7.69. The zero-order chi connectivity index (χ0) is 14.7. The Labute approximate surface area is 122 Å². The zero-order valence-corrected chi connectivity index (χ0v) is 13.0. The molecule has 1 fully saturated rings. The van der Waals surface area contributed by atoms with E-state index in [9.17, 15) is 5.11 Å². The first kappa shape index (κ1) is 15.2. The molecule has 1 aromatic rings. The Morgan fingerprint density at radius 1 is 1.40 bits per heavy atom. The molecule has 1 aliphatic rings. The average Bonchev–Trinajstić information content (AvgIpc) is 2.80. The van der Waals surface area contributed by atoms with Gasteiger partial charge in [-0.3, -0.25) is 0 Å². The van der Waals surface area contributed by atoms with E-state index >= 15 is 0 Å². The number of benzene rings is 1. The van der Waals surface area contributed by atoms with Gasteiger partial charge >= 0.3 is 0 Å². The van der Waals surface area contributed by atoms with Gasteiger partial charge in [-0.2, -0.15) is 0 Å². The molecule has 20 heavy (non-hydrogen) atoms. The zero-order valence-electron chi connectivity index (χ0n) is 13.0. The number of nitrogens with one attached hydrogen (secondary N) is 1. The fourth-order valence-corrected chi connectivity index (χ4v) is 3.48. The maximum atomic E-state index is 10.0. The number of hydrogen-bond acceptors (Lipinski definition) is 3. The number of phenolic OH excluding ortho intramolecular Hbond substituents is 1. The van der Waals surface area contributed by atoms with Crippen LogP contribution in [0.15, 0.2) is 18.2 Å². The summed E-state index contributed by atoms with van der Waals surface area (Å²) < 4.78 is 5.25. The Kier molecular flexibility index (Phi) is 4.92. The molecule has 0 bridgehead atoms. The molecule has 0 amide bonds.